The molecule has 3 N–H and O–H groups in total. The van der Waals surface area contributed by atoms with Crippen molar-refractivity contribution in [2.75, 3.05) is 19.0 Å². The standard InChI is InChI=1S/C20H25N3O5S/c1-5-21-20(25)15-8-6-7-9-16(15)22-19(24)14-10-11-17(28-4)18(12-14)29(26,27)23-13(2)3/h6-13,23H,5H2,1-4H3,(H,21,25)(H,22,24). The largest absolute Gasteiger partial charge is 0.495 e. The summed E-state index contributed by atoms with van der Waals surface area (Å²) in [7, 11) is -2.53. The highest BCUT2D eigenvalue weighted by Crippen LogP contribution is 2.26. The minimum absolute atomic E-state index is 0.112. The normalized spacial score (nSPS) is 11.2. The van der Waals surface area contributed by atoms with Crippen LogP contribution < -0.4 is 20.1 Å². The van der Waals surface area contributed by atoms with E-state index < -0.39 is 15.9 Å². The first-order valence-corrected chi connectivity index (χ1v) is 10.6. The summed E-state index contributed by atoms with van der Waals surface area (Å²) in [4.78, 5) is 24.8. The van der Waals surface area contributed by atoms with Gasteiger partial charge in [0.25, 0.3) is 11.8 Å². The van der Waals surface area contributed by atoms with Crippen molar-refractivity contribution in [1.29, 1.82) is 0 Å². The van der Waals surface area contributed by atoms with Crippen LogP contribution in [0.25, 0.3) is 0 Å². The average Bonchev–Trinajstić information content (AvgIpc) is 2.67. The monoisotopic (exact) mass is 419 g/mol. The first-order chi connectivity index (χ1) is 13.7. The molecule has 0 saturated carbocycles. The van der Waals surface area contributed by atoms with E-state index in [2.05, 4.69) is 15.4 Å². The molecule has 156 valence electrons. The van der Waals surface area contributed by atoms with Crippen LogP contribution in [0.4, 0.5) is 5.69 Å². The lowest BCUT2D eigenvalue weighted by Crippen LogP contribution is -2.30. The molecule has 29 heavy (non-hydrogen) atoms. The van der Waals surface area contributed by atoms with Crippen molar-refractivity contribution in [3.63, 3.8) is 0 Å². The van der Waals surface area contributed by atoms with E-state index >= 15 is 0 Å². The molecule has 0 bridgehead atoms. The number of nitrogens with one attached hydrogen (secondary N) is 3. The van der Waals surface area contributed by atoms with Crippen LogP contribution in [0, 0.1) is 0 Å². The Balaban J connectivity index is 2.38. The van der Waals surface area contributed by atoms with Crippen molar-refractivity contribution in [3.05, 3.63) is 53.6 Å². The minimum Gasteiger partial charge on any atom is -0.495 e. The van der Waals surface area contributed by atoms with Gasteiger partial charge in [0.1, 0.15) is 10.6 Å². The van der Waals surface area contributed by atoms with Gasteiger partial charge in [-0.3, -0.25) is 9.59 Å². The number of amides is 2. The molecule has 2 rings (SSSR count). The van der Waals surface area contributed by atoms with Crippen molar-refractivity contribution in [2.24, 2.45) is 0 Å². The maximum atomic E-state index is 12.7. The SMILES string of the molecule is CCNC(=O)c1ccccc1NC(=O)c1ccc(OC)c(S(=O)(=O)NC(C)C)c1. The van der Waals surface area contributed by atoms with Gasteiger partial charge in [-0.25, -0.2) is 13.1 Å². The van der Waals surface area contributed by atoms with Crippen molar-refractivity contribution in [1.82, 2.24) is 10.0 Å². The Morgan fingerprint density at radius 1 is 1.07 bits per heavy atom. The molecular formula is C20H25N3O5S. The fourth-order valence-electron chi connectivity index (χ4n) is 2.64. The number of anilines is 1. The molecule has 0 aliphatic rings. The van der Waals surface area contributed by atoms with Crippen LogP contribution >= 0.6 is 0 Å². The molecule has 0 aromatic heterocycles. The zero-order valence-corrected chi connectivity index (χ0v) is 17.6. The number of carbonyl (C=O) groups is 2. The summed E-state index contributed by atoms with van der Waals surface area (Å²) in [6.45, 7) is 5.63. The Morgan fingerprint density at radius 2 is 1.76 bits per heavy atom. The number of ether oxygens (including phenoxy) is 1. The van der Waals surface area contributed by atoms with Crippen molar-refractivity contribution in [2.45, 2.75) is 31.7 Å². The lowest BCUT2D eigenvalue weighted by atomic mass is 10.1. The summed E-state index contributed by atoms with van der Waals surface area (Å²) in [6.07, 6.45) is 0. The maximum absolute atomic E-state index is 12.7. The number of hydrogen-bond acceptors (Lipinski definition) is 5. The van der Waals surface area contributed by atoms with Gasteiger partial charge < -0.3 is 15.4 Å². The second-order valence-electron chi connectivity index (χ2n) is 6.50. The highest BCUT2D eigenvalue weighted by atomic mass is 32.2. The number of methoxy groups -OCH3 is 1. The molecule has 8 nitrogen and oxygen atoms in total. The third-order valence-electron chi connectivity index (χ3n) is 3.86. The molecular weight excluding hydrogens is 394 g/mol. The summed E-state index contributed by atoms with van der Waals surface area (Å²) < 4.78 is 32.8. The lowest BCUT2D eigenvalue weighted by molar-refractivity contribution is 0.0956. The number of sulfonamides is 1. The van der Waals surface area contributed by atoms with Crippen LogP contribution in [0.5, 0.6) is 5.75 Å². The quantitative estimate of drug-likeness (QED) is 0.608. The van der Waals surface area contributed by atoms with Crippen molar-refractivity contribution < 1.29 is 22.7 Å². The summed E-state index contributed by atoms with van der Waals surface area (Å²) in [6, 6.07) is 10.4. The molecule has 0 spiro atoms. The van der Waals surface area contributed by atoms with Crippen LogP contribution in [0.1, 0.15) is 41.5 Å². The molecule has 0 fully saturated rings. The second kappa shape index (κ2) is 9.53. The van der Waals surface area contributed by atoms with E-state index in [0.29, 0.717) is 17.8 Å². The van der Waals surface area contributed by atoms with Crippen LogP contribution in [0.2, 0.25) is 0 Å². The van der Waals surface area contributed by atoms with Gasteiger partial charge in [0, 0.05) is 18.2 Å². The molecule has 0 aliphatic carbocycles. The molecule has 0 heterocycles. The van der Waals surface area contributed by atoms with Gasteiger partial charge in [-0.15, -0.1) is 0 Å². The summed E-state index contributed by atoms with van der Waals surface area (Å²) in [5.41, 5.74) is 0.746. The minimum atomic E-state index is -3.88. The third kappa shape index (κ3) is 5.55. The molecule has 0 unspecified atom stereocenters. The van der Waals surface area contributed by atoms with Gasteiger partial charge in [0.05, 0.1) is 18.4 Å². The van der Waals surface area contributed by atoms with E-state index in [4.69, 9.17) is 4.74 Å². The van der Waals surface area contributed by atoms with Gasteiger partial charge in [-0.05, 0) is 51.1 Å². The first-order valence-electron chi connectivity index (χ1n) is 9.08. The molecule has 2 aromatic carbocycles. The molecule has 0 saturated heterocycles. The summed E-state index contributed by atoms with van der Waals surface area (Å²) >= 11 is 0. The lowest BCUT2D eigenvalue weighted by Gasteiger charge is -2.15. The molecule has 2 aromatic rings. The maximum Gasteiger partial charge on any atom is 0.255 e. The first kappa shape index (κ1) is 22.4. The predicted octanol–water partition coefficient (Wildman–Crippen LogP) is 2.38. The highest BCUT2D eigenvalue weighted by molar-refractivity contribution is 7.89. The fraction of sp³-hybridized carbons (Fsp3) is 0.300. The number of benzene rings is 2. The highest BCUT2D eigenvalue weighted by Gasteiger charge is 2.23. The summed E-state index contributed by atoms with van der Waals surface area (Å²) in [5.74, 6) is -0.745. The van der Waals surface area contributed by atoms with Crippen LogP contribution in [0.15, 0.2) is 47.4 Å². The zero-order valence-electron chi connectivity index (χ0n) is 16.8. The van der Waals surface area contributed by atoms with Crippen molar-refractivity contribution >= 4 is 27.5 Å². The number of carbonyl (C=O) groups excluding carboxylic acids is 2. The van der Waals surface area contributed by atoms with E-state index in [1.807, 2.05) is 0 Å². The van der Waals surface area contributed by atoms with E-state index in [1.165, 1.54) is 25.3 Å². The number of rotatable bonds is 8. The van der Waals surface area contributed by atoms with E-state index in [0.717, 1.165) is 0 Å². The molecule has 9 heteroatoms. The van der Waals surface area contributed by atoms with Crippen LogP contribution in [-0.2, 0) is 10.0 Å². The van der Waals surface area contributed by atoms with E-state index in [9.17, 15) is 18.0 Å². The van der Waals surface area contributed by atoms with Gasteiger partial charge in [-0.1, -0.05) is 12.1 Å². The number of hydrogen-bond donors (Lipinski definition) is 3. The van der Waals surface area contributed by atoms with Gasteiger partial charge in [0.15, 0.2) is 0 Å². The second-order valence-corrected chi connectivity index (χ2v) is 8.18. The zero-order chi connectivity index (χ0) is 21.6. The molecule has 0 radical (unpaired) electrons. The Bertz CT molecular complexity index is 1000. The Kier molecular flexibility index (Phi) is 7.35. The number of para-hydroxylation sites is 1. The van der Waals surface area contributed by atoms with E-state index in [1.54, 1.807) is 45.0 Å². The van der Waals surface area contributed by atoms with Crippen LogP contribution in [0.3, 0.4) is 0 Å². The van der Waals surface area contributed by atoms with Gasteiger partial charge in [-0.2, -0.15) is 0 Å². The Hall–Kier alpha value is -2.91. The van der Waals surface area contributed by atoms with Gasteiger partial charge in [0.2, 0.25) is 10.0 Å². The molecule has 0 atom stereocenters. The van der Waals surface area contributed by atoms with Crippen molar-refractivity contribution in [3.8, 4) is 5.75 Å². The van der Waals surface area contributed by atoms with E-state index in [-0.39, 0.29) is 28.2 Å². The molecule has 0 aliphatic heterocycles. The van der Waals surface area contributed by atoms with Crippen LogP contribution in [-0.4, -0.2) is 39.9 Å². The Morgan fingerprint density at radius 3 is 2.38 bits per heavy atom. The molecule has 2 amide bonds. The Labute approximate surface area is 170 Å². The smallest absolute Gasteiger partial charge is 0.255 e. The summed E-state index contributed by atoms with van der Waals surface area (Å²) in [5, 5.41) is 5.35. The predicted molar refractivity (Wildman–Crippen MR) is 111 cm³/mol. The average molecular weight is 420 g/mol. The van der Waals surface area contributed by atoms with Gasteiger partial charge >= 0.3 is 0 Å². The third-order valence-corrected chi connectivity index (χ3v) is 5.54. The fourth-order valence-corrected chi connectivity index (χ4v) is 4.09. The topological polar surface area (TPSA) is 114 Å².